The predicted molar refractivity (Wildman–Crippen MR) is 140 cm³/mol. The fourth-order valence-corrected chi connectivity index (χ4v) is 4.22. The van der Waals surface area contributed by atoms with Crippen LogP contribution in [0.2, 0.25) is 0 Å². The number of aliphatic carboxylic acids is 4. The molecule has 228 valence electrons. The molecule has 0 saturated carbocycles. The van der Waals surface area contributed by atoms with Crippen LogP contribution < -0.4 is 104 Å². The maximum atomic E-state index is 11.9. The molecule has 15 nitrogen and oxygen atoms in total. The Morgan fingerprint density at radius 2 is 1.11 bits per heavy atom. The second kappa shape index (κ2) is 25.2. The van der Waals surface area contributed by atoms with Crippen LogP contribution in [0.1, 0.15) is 18.6 Å². The third-order valence-corrected chi connectivity index (χ3v) is 7.27. The minimum Gasteiger partial charge on any atom is -0.545 e. The van der Waals surface area contributed by atoms with Crippen molar-refractivity contribution in [3.63, 3.8) is 0 Å². The smallest absolute Gasteiger partial charge is 0.545 e. The molecule has 2 rings (SSSR count). The molecule has 0 amide bonds. The average Bonchev–Trinajstić information content (AvgIpc) is 2.86. The first kappa shape index (κ1) is 52.7. The zero-order chi connectivity index (χ0) is 31.3. The quantitative estimate of drug-likeness (QED) is 0.132. The summed E-state index contributed by atoms with van der Waals surface area (Å²) in [5.41, 5.74) is 1.79. The van der Waals surface area contributed by atoms with Crippen molar-refractivity contribution in [2.24, 2.45) is 0 Å². The molecule has 0 aliphatic heterocycles. The summed E-state index contributed by atoms with van der Waals surface area (Å²) in [5, 5.41) is 45.4. The fourth-order valence-electron chi connectivity index (χ4n) is 2.23. The van der Waals surface area contributed by atoms with Crippen molar-refractivity contribution in [2.75, 3.05) is 0 Å². The number of hydrogen-bond donors (Lipinski definition) is 4. The van der Waals surface area contributed by atoms with E-state index >= 15 is 0 Å². The number of hydrogen-bond acceptors (Lipinski definition) is 11. The van der Waals surface area contributed by atoms with E-state index in [1.54, 1.807) is 23.8 Å². The minimum atomic E-state index is -4.25. The van der Waals surface area contributed by atoms with E-state index in [2.05, 4.69) is 4.24 Å². The Morgan fingerprint density at radius 3 is 1.39 bits per heavy atom. The topological polar surface area (TPSA) is 269 Å². The summed E-state index contributed by atoms with van der Waals surface area (Å²) in [7, 11) is -7.88. The molecule has 2 atom stereocenters. The first-order chi connectivity index (χ1) is 18.3. The summed E-state index contributed by atoms with van der Waals surface area (Å²) in [6.07, 6.45) is -1.63. The summed E-state index contributed by atoms with van der Waals surface area (Å²) < 4.78 is 50.3. The molecule has 44 heavy (non-hydrogen) atoms. The maximum absolute atomic E-state index is 11.9. The van der Waals surface area contributed by atoms with Gasteiger partial charge in [-0.05, 0) is 50.3 Å². The molecule has 0 aliphatic carbocycles. The summed E-state index contributed by atoms with van der Waals surface area (Å²) in [4.78, 5) is 40.1. The number of nitrogens with one attached hydrogen (secondary N) is 1. The number of nitrogens with zero attached hydrogens (tertiary/aromatic N) is 1. The third-order valence-electron chi connectivity index (χ3n) is 4.21. The summed E-state index contributed by atoms with van der Waals surface area (Å²) >= 11 is 4.90. The van der Waals surface area contributed by atoms with Crippen molar-refractivity contribution in [3.05, 3.63) is 76.1 Å². The molecule has 0 spiro atoms. The minimum absolute atomic E-state index is 0. The van der Waals surface area contributed by atoms with Gasteiger partial charge in [0.25, 0.3) is 0 Å². The molecule has 0 aromatic heterocycles. The van der Waals surface area contributed by atoms with Crippen LogP contribution in [0.15, 0.2) is 70.5 Å². The number of aliphatic hydroxyl groups is 1. The number of carbonyl (C=O) groups is 4. The molecular weight excluding hydrogens is 681 g/mol. The van der Waals surface area contributed by atoms with Crippen molar-refractivity contribution in [3.8, 4) is 0 Å². The normalized spacial score (nSPS) is 11.5. The van der Waals surface area contributed by atoms with Gasteiger partial charge in [0.2, 0.25) is 10.0 Å². The molecule has 0 bridgehead atoms. The van der Waals surface area contributed by atoms with Crippen LogP contribution in [0, 0.1) is 13.8 Å². The van der Waals surface area contributed by atoms with Crippen LogP contribution in [0.25, 0.3) is 4.24 Å². The summed E-state index contributed by atoms with van der Waals surface area (Å²) in [5.74, 6) is -6.73. The largest absolute Gasteiger partial charge is 1.00 e. The van der Waals surface area contributed by atoms with Gasteiger partial charge in [0, 0.05) is 4.90 Å². The second-order valence-corrected chi connectivity index (χ2v) is 11.0. The first-order valence-corrected chi connectivity index (χ1v) is 13.6. The van der Waals surface area contributed by atoms with Gasteiger partial charge in [0.15, 0.2) is 12.1 Å². The predicted octanol–water partition coefficient (Wildman–Crippen LogP) is -9.93. The van der Waals surface area contributed by atoms with Crippen molar-refractivity contribution in [1.82, 2.24) is 4.72 Å². The van der Waals surface area contributed by atoms with E-state index in [-0.39, 0.29) is 106 Å². The number of rotatable bonds is 10. The number of aryl methyl sites for hydroxylation is 2. The van der Waals surface area contributed by atoms with E-state index in [0.29, 0.717) is 12.2 Å². The van der Waals surface area contributed by atoms with Crippen molar-refractivity contribution in [2.45, 2.75) is 43.2 Å². The van der Waals surface area contributed by atoms with Gasteiger partial charge >= 0.3 is 101 Å². The Kier molecular flexibility index (Phi) is 30.2. The molecule has 21 heteroatoms. The Bertz CT molecular complexity index is 1420. The van der Waals surface area contributed by atoms with Crippen LogP contribution >= 0.6 is 11.8 Å². The van der Waals surface area contributed by atoms with Gasteiger partial charge < -0.3 is 39.4 Å². The molecule has 0 heterocycles. The molecular formula is C23H26ClN2Na3O13S2. The molecule has 0 fully saturated rings. The molecule has 4 N–H and O–H groups in total. The molecule has 2 unspecified atom stereocenters. The van der Waals surface area contributed by atoms with Gasteiger partial charge in [-0.15, -0.1) is 0 Å². The standard InChI is InChI=1S/C11H13NO7S.C7H7ClNO2S.C4H4O4.CH4.3Na/c1-6-2-4-7(5-3-6)20(18,19)12-8(10(14)15)9(13)11(16)17;1-6-2-4-7(5-3-6)12(10,11)9-8;5-3(6)1-2-4(7)8;;;;/h2-5,8-9,12-13H,1H3,(H,14,15)(H,16,17);2-5H,1H3;1-2H,(H,5,6)(H,7,8);1H4;;;/q;-1;;;3*+1/p-2/b;;2-1+;;;;. The average molecular weight is 707 g/mol. The van der Waals surface area contributed by atoms with Gasteiger partial charge in [-0.1, -0.05) is 42.8 Å². The number of carbonyl (C=O) groups excluding carboxylic acids is 2. The van der Waals surface area contributed by atoms with E-state index < -0.39 is 56.1 Å². The van der Waals surface area contributed by atoms with E-state index in [4.69, 9.17) is 22.0 Å². The van der Waals surface area contributed by atoms with Crippen molar-refractivity contribution >= 4 is 55.7 Å². The molecule has 0 aliphatic rings. The van der Waals surface area contributed by atoms with Gasteiger partial charge in [0.05, 0.1) is 16.8 Å². The van der Waals surface area contributed by atoms with E-state index in [1.807, 2.05) is 6.92 Å². The monoisotopic (exact) mass is 706 g/mol. The second-order valence-electron chi connectivity index (χ2n) is 7.36. The Hall–Kier alpha value is -0.870. The Morgan fingerprint density at radius 1 is 0.773 bits per heavy atom. The van der Waals surface area contributed by atoms with E-state index in [9.17, 15) is 51.3 Å². The zero-order valence-corrected chi connectivity index (χ0v) is 31.9. The zero-order valence-electron chi connectivity index (χ0n) is 23.5. The number of carboxylic acid groups (broad SMARTS) is 4. The maximum Gasteiger partial charge on any atom is 1.00 e. The summed E-state index contributed by atoms with van der Waals surface area (Å²) in [6.45, 7) is 3.60. The molecule has 2 aromatic rings. The van der Waals surface area contributed by atoms with Crippen LogP contribution in [-0.4, -0.2) is 68.2 Å². The molecule has 0 saturated heterocycles. The van der Waals surface area contributed by atoms with Gasteiger partial charge in [0.1, 0.15) is 10.0 Å². The fraction of sp³-hybridized carbons (Fsp3) is 0.217. The van der Waals surface area contributed by atoms with E-state index in [0.717, 1.165) is 11.1 Å². The van der Waals surface area contributed by atoms with Gasteiger partial charge in [-0.3, -0.25) is 16.6 Å². The molecule has 2 aromatic carbocycles. The van der Waals surface area contributed by atoms with Crippen LogP contribution in [0.4, 0.5) is 0 Å². The van der Waals surface area contributed by atoms with E-state index in [1.165, 1.54) is 36.4 Å². The molecule has 0 radical (unpaired) electrons. The van der Waals surface area contributed by atoms with Gasteiger partial charge in [-0.2, -0.15) is 4.72 Å². The number of aliphatic hydroxyl groups excluding tert-OH is 1. The van der Waals surface area contributed by atoms with Crippen molar-refractivity contribution < 1.29 is 150 Å². The SMILES string of the molecule is C.Cc1ccc(S(=O)(=O)NC(C(=O)O)C(O)C(=O)O)cc1.Cc1ccc(S(=O)(=O)[N-]Cl)cc1.O=C([O-])/C=C/C(=O)[O-].[Na+].[Na+].[Na+]. The number of carboxylic acids is 4. The number of sulfonamides is 2. The first-order valence-electron chi connectivity index (χ1n) is 10.3. The van der Waals surface area contributed by atoms with Crippen LogP contribution in [-0.2, 0) is 39.2 Å². The van der Waals surface area contributed by atoms with Crippen molar-refractivity contribution in [1.29, 1.82) is 0 Å². The Labute approximate surface area is 326 Å². The number of halogens is 1. The summed E-state index contributed by atoms with van der Waals surface area (Å²) in [6, 6.07) is 9.61. The van der Waals surface area contributed by atoms with Gasteiger partial charge in [-0.25, -0.2) is 21.6 Å². The third kappa shape index (κ3) is 21.0. The van der Waals surface area contributed by atoms with Crippen LogP contribution in [0.3, 0.4) is 0 Å². The number of benzene rings is 2. The van der Waals surface area contributed by atoms with Crippen LogP contribution in [0.5, 0.6) is 0 Å². The Balaban J connectivity index is -0.000000182.